The third-order valence-electron chi connectivity index (χ3n) is 4.57. The Bertz CT molecular complexity index is 947. The predicted octanol–water partition coefficient (Wildman–Crippen LogP) is 3.29. The number of hydrogen-bond donors (Lipinski definition) is 3. The van der Waals surface area contributed by atoms with Crippen LogP contribution in [0.25, 0.3) is 0 Å². The minimum Gasteiger partial charge on any atom is -0.326 e. The lowest BCUT2D eigenvalue weighted by Gasteiger charge is -2.22. The number of carbonyl (C=O) groups excluding carboxylic acids is 1. The minimum atomic E-state index is -4.00. The number of hydrogen-bond acceptors (Lipinski definition) is 4. The normalized spacial score (nSPS) is 14.8. The minimum absolute atomic E-state index is 0. The number of piperidine rings is 1. The second-order valence-electron chi connectivity index (χ2n) is 6.58. The molecule has 1 amide bonds. The number of nitrogens with one attached hydrogen (secondary N) is 3. The van der Waals surface area contributed by atoms with Crippen LogP contribution in [0.4, 0.5) is 15.8 Å². The molecule has 2 aromatic carbocycles. The molecule has 0 spiro atoms. The van der Waals surface area contributed by atoms with Gasteiger partial charge in [-0.3, -0.25) is 9.52 Å². The van der Waals surface area contributed by atoms with Gasteiger partial charge >= 0.3 is 0 Å². The standard InChI is InChI=1S/C19H22FN3O3S.ClH/c1-13-6-7-15(22-19(24)14-8-10-21-11-9-14)12-18(13)27(25,26)23-17-5-3-2-4-16(17)20;/h2-7,12,14,21,23H,8-11H2,1H3,(H,22,24);1H. The van der Waals surface area contributed by atoms with Gasteiger partial charge in [-0.15, -0.1) is 12.4 Å². The number of rotatable bonds is 5. The van der Waals surface area contributed by atoms with Crippen molar-refractivity contribution in [1.29, 1.82) is 0 Å². The lowest BCUT2D eigenvalue weighted by molar-refractivity contribution is -0.120. The van der Waals surface area contributed by atoms with Crippen molar-refractivity contribution in [2.45, 2.75) is 24.7 Å². The van der Waals surface area contributed by atoms with E-state index in [9.17, 15) is 17.6 Å². The van der Waals surface area contributed by atoms with E-state index in [0.717, 1.165) is 25.9 Å². The molecule has 0 aliphatic carbocycles. The zero-order chi connectivity index (χ0) is 19.4. The molecule has 3 N–H and O–H groups in total. The van der Waals surface area contributed by atoms with Crippen molar-refractivity contribution in [2.75, 3.05) is 23.1 Å². The Kier molecular flexibility index (Phi) is 7.40. The van der Waals surface area contributed by atoms with Gasteiger partial charge in [0, 0.05) is 11.6 Å². The number of benzene rings is 2. The largest absolute Gasteiger partial charge is 0.326 e. The van der Waals surface area contributed by atoms with Crippen molar-refractivity contribution in [2.24, 2.45) is 5.92 Å². The zero-order valence-corrected chi connectivity index (χ0v) is 17.0. The molecule has 152 valence electrons. The maximum Gasteiger partial charge on any atom is 0.262 e. The van der Waals surface area contributed by atoms with Gasteiger partial charge < -0.3 is 10.6 Å². The second kappa shape index (κ2) is 9.36. The van der Waals surface area contributed by atoms with Gasteiger partial charge in [0.2, 0.25) is 5.91 Å². The molecule has 0 unspecified atom stereocenters. The average Bonchev–Trinajstić information content (AvgIpc) is 2.65. The monoisotopic (exact) mass is 427 g/mol. The topological polar surface area (TPSA) is 87.3 Å². The summed E-state index contributed by atoms with van der Waals surface area (Å²) in [6, 6.07) is 10.2. The predicted molar refractivity (Wildman–Crippen MR) is 110 cm³/mol. The molecule has 0 saturated carbocycles. The summed E-state index contributed by atoms with van der Waals surface area (Å²) < 4.78 is 41.5. The summed E-state index contributed by atoms with van der Waals surface area (Å²) in [5.41, 5.74) is 0.776. The van der Waals surface area contributed by atoms with Gasteiger partial charge in [-0.05, 0) is 62.7 Å². The SMILES string of the molecule is Cc1ccc(NC(=O)C2CCNCC2)cc1S(=O)(=O)Nc1ccccc1F.Cl. The van der Waals surface area contributed by atoms with Gasteiger partial charge in [0.25, 0.3) is 10.0 Å². The number of halogens is 2. The summed E-state index contributed by atoms with van der Waals surface area (Å²) in [4.78, 5) is 12.4. The Balaban J connectivity index is 0.00000280. The first-order chi connectivity index (χ1) is 12.9. The number of para-hydroxylation sites is 1. The van der Waals surface area contributed by atoms with Crippen molar-refractivity contribution >= 4 is 39.7 Å². The first kappa shape index (κ1) is 22.1. The van der Waals surface area contributed by atoms with E-state index in [-0.39, 0.29) is 34.8 Å². The summed E-state index contributed by atoms with van der Waals surface area (Å²) >= 11 is 0. The van der Waals surface area contributed by atoms with Crippen LogP contribution >= 0.6 is 12.4 Å². The highest BCUT2D eigenvalue weighted by Gasteiger charge is 2.23. The van der Waals surface area contributed by atoms with Crippen LogP contribution in [0, 0.1) is 18.7 Å². The highest BCUT2D eigenvalue weighted by molar-refractivity contribution is 7.92. The smallest absolute Gasteiger partial charge is 0.262 e. The maximum atomic E-state index is 13.8. The van der Waals surface area contributed by atoms with Crippen molar-refractivity contribution in [3.8, 4) is 0 Å². The van der Waals surface area contributed by atoms with Gasteiger partial charge in [0.1, 0.15) is 5.82 Å². The van der Waals surface area contributed by atoms with Crippen molar-refractivity contribution in [3.05, 3.63) is 53.8 Å². The van der Waals surface area contributed by atoms with Crippen LogP contribution in [0.3, 0.4) is 0 Å². The van der Waals surface area contributed by atoms with Crippen LogP contribution in [-0.4, -0.2) is 27.4 Å². The van der Waals surface area contributed by atoms with Crippen molar-refractivity contribution in [3.63, 3.8) is 0 Å². The fourth-order valence-electron chi connectivity index (χ4n) is 3.04. The Morgan fingerprint density at radius 2 is 1.82 bits per heavy atom. The van der Waals surface area contributed by atoms with Gasteiger partial charge in [-0.1, -0.05) is 18.2 Å². The van der Waals surface area contributed by atoms with E-state index in [2.05, 4.69) is 15.4 Å². The van der Waals surface area contributed by atoms with Gasteiger partial charge in [0.05, 0.1) is 10.6 Å². The molecule has 1 aliphatic rings. The summed E-state index contributed by atoms with van der Waals surface area (Å²) in [5, 5.41) is 5.99. The van der Waals surface area contributed by atoms with E-state index in [1.54, 1.807) is 25.1 Å². The molecule has 0 bridgehead atoms. The maximum absolute atomic E-state index is 13.8. The summed E-state index contributed by atoms with van der Waals surface area (Å²) in [6.45, 7) is 3.23. The van der Waals surface area contributed by atoms with Crippen LogP contribution in [0.5, 0.6) is 0 Å². The third kappa shape index (κ3) is 5.21. The molecule has 9 heteroatoms. The molecule has 2 aromatic rings. The van der Waals surface area contributed by atoms with E-state index < -0.39 is 15.8 Å². The molecule has 3 rings (SSSR count). The van der Waals surface area contributed by atoms with Crippen LogP contribution < -0.4 is 15.4 Å². The molecule has 1 heterocycles. The molecule has 0 atom stereocenters. The third-order valence-corrected chi connectivity index (χ3v) is 6.08. The number of amides is 1. The Morgan fingerprint density at radius 3 is 2.50 bits per heavy atom. The number of anilines is 2. The lowest BCUT2D eigenvalue weighted by atomic mass is 9.97. The van der Waals surface area contributed by atoms with Crippen LogP contribution in [0.1, 0.15) is 18.4 Å². The molecule has 28 heavy (non-hydrogen) atoms. The fraction of sp³-hybridized carbons (Fsp3) is 0.316. The highest BCUT2D eigenvalue weighted by atomic mass is 35.5. The average molecular weight is 428 g/mol. The second-order valence-corrected chi connectivity index (χ2v) is 8.23. The number of sulfonamides is 1. The molecule has 6 nitrogen and oxygen atoms in total. The molecule has 0 radical (unpaired) electrons. The number of carbonyl (C=O) groups is 1. The van der Waals surface area contributed by atoms with Gasteiger partial charge in [0.15, 0.2) is 0 Å². The lowest BCUT2D eigenvalue weighted by Crippen LogP contribution is -2.34. The summed E-state index contributed by atoms with van der Waals surface area (Å²) in [5.74, 6) is -0.871. The van der Waals surface area contributed by atoms with Crippen molar-refractivity contribution in [1.82, 2.24) is 5.32 Å². The fourth-order valence-corrected chi connectivity index (χ4v) is 4.38. The Hall–Kier alpha value is -2.16. The van der Waals surface area contributed by atoms with E-state index in [4.69, 9.17) is 0 Å². The Morgan fingerprint density at radius 1 is 1.14 bits per heavy atom. The first-order valence-corrected chi connectivity index (χ1v) is 10.2. The van der Waals surface area contributed by atoms with E-state index >= 15 is 0 Å². The number of aryl methyl sites for hydroxylation is 1. The molecular weight excluding hydrogens is 405 g/mol. The molecular formula is C19H23ClFN3O3S. The van der Waals surface area contributed by atoms with Crippen LogP contribution in [-0.2, 0) is 14.8 Å². The van der Waals surface area contributed by atoms with Crippen molar-refractivity contribution < 1.29 is 17.6 Å². The van der Waals surface area contributed by atoms with Crippen LogP contribution in [0.2, 0.25) is 0 Å². The highest BCUT2D eigenvalue weighted by Crippen LogP contribution is 2.25. The summed E-state index contributed by atoms with van der Waals surface area (Å²) in [6.07, 6.45) is 1.50. The molecule has 1 fully saturated rings. The van der Waals surface area contributed by atoms with Gasteiger partial charge in [-0.2, -0.15) is 0 Å². The molecule has 1 saturated heterocycles. The first-order valence-electron chi connectivity index (χ1n) is 8.76. The van der Waals surface area contributed by atoms with E-state index in [0.29, 0.717) is 11.3 Å². The molecule has 0 aromatic heterocycles. The van der Waals surface area contributed by atoms with Gasteiger partial charge in [-0.25, -0.2) is 12.8 Å². The zero-order valence-electron chi connectivity index (χ0n) is 15.4. The van der Waals surface area contributed by atoms with E-state index in [1.165, 1.54) is 24.3 Å². The van der Waals surface area contributed by atoms with Crippen LogP contribution in [0.15, 0.2) is 47.4 Å². The quantitative estimate of drug-likeness (QED) is 0.683. The summed E-state index contributed by atoms with van der Waals surface area (Å²) in [7, 11) is -4.00. The van der Waals surface area contributed by atoms with E-state index in [1.807, 2.05) is 0 Å². The Labute approximate surface area is 170 Å². The molecule has 1 aliphatic heterocycles.